The number of aromatic hydroxyl groups is 1. The van der Waals surface area contributed by atoms with Crippen LogP contribution < -0.4 is 0 Å². The summed E-state index contributed by atoms with van der Waals surface area (Å²) in [7, 11) is 0. The largest absolute Gasteiger partial charge is 0.507 e. The molecule has 3 rings (SSSR count). The Bertz CT molecular complexity index is 820. The number of fused-ring (bicyclic) bond motifs is 1. The topological polar surface area (TPSA) is 49.7 Å². The van der Waals surface area contributed by atoms with Crippen LogP contribution in [0.15, 0.2) is 65.7 Å². The van der Waals surface area contributed by atoms with Gasteiger partial charge in [0.2, 0.25) is 0 Å². The number of aliphatic imine (C=N–C) groups is 1. The van der Waals surface area contributed by atoms with Gasteiger partial charge in [-0.1, -0.05) is 30.3 Å². The Balaban J connectivity index is 2.02. The molecule has 3 aromatic carbocycles. The van der Waals surface area contributed by atoms with Crippen LogP contribution in [-0.2, 0) is 0 Å². The summed E-state index contributed by atoms with van der Waals surface area (Å²) in [5.41, 5.74) is 2.03. The van der Waals surface area contributed by atoms with E-state index in [2.05, 4.69) is 4.99 Å². The van der Waals surface area contributed by atoms with Crippen molar-refractivity contribution >= 4 is 29.0 Å². The summed E-state index contributed by atoms with van der Waals surface area (Å²) in [5.74, 6) is 0.196. The third-order valence-corrected chi connectivity index (χ3v) is 3.32. The lowest BCUT2D eigenvalue weighted by Gasteiger charge is -2.04. The van der Waals surface area contributed by atoms with E-state index in [-0.39, 0.29) is 5.75 Å². The van der Waals surface area contributed by atoms with E-state index >= 15 is 0 Å². The maximum Gasteiger partial charge on any atom is 0.150 e. The lowest BCUT2D eigenvalue weighted by Crippen LogP contribution is -1.86. The van der Waals surface area contributed by atoms with Crippen molar-refractivity contribution in [1.82, 2.24) is 0 Å². The SMILES string of the molecule is O=Cc1ccc(N=Cc2c(O)ccc3ccccc23)cc1. The number of carbonyl (C=O) groups is 1. The van der Waals surface area contributed by atoms with Gasteiger partial charge in [-0.15, -0.1) is 0 Å². The highest BCUT2D eigenvalue weighted by Crippen LogP contribution is 2.26. The molecule has 0 saturated heterocycles. The normalized spacial score (nSPS) is 11.0. The van der Waals surface area contributed by atoms with Crippen molar-refractivity contribution in [2.24, 2.45) is 4.99 Å². The number of phenolic OH excluding ortho intramolecular Hbond substituents is 1. The number of benzene rings is 3. The van der Waals surface area contributed by atoms with E-state index in [0.29, 0.717) is 11.1 Å². The quantitative estimate of drug-likeness (QED) is 0.577. The minimum atomic E-state index is 0.196. The van der Waals surface area contributed by atoms with Gasteiger partial charge < -0.3 is 5.11 Å². The molecular formula is C18H13NO2. The average Bonchev–Trinajstić information content (AvgIpc) is 2.54. The molecule has 3 heteroatoms. The van der Waals surface area contributed by atoms with E-state index in [4.69, 9.17) is 0 Å². The number of carbonyl (C=O) groups excluding carboxylic acids is 1. The Morgan fingerprint density at radius 1 is 0.905 bits per heavy atom. The van der Waals surface area contributed by atoms with Gasteiger partial charge in [0.25, 0.3) is 0 Å². The second-order valence-electron chi connectivity index (χ2n) is 4.69. The summed E-state index contributed by atoms with van der Waals surface area (Å²) >= 11 is 0. The van der Waals surface area contributed by atoms with Crippen LogP contribution in [0.4, 0.5) is 5.69 Å². The Kier molecular flexibility index (Phi) is 3.48. The van der Waals surface area contributed by atoms with Crippen LogP contribution in [-0.4, -0.2) is 17.6 Å². The Labute approximate surface area is 122 Å². The van der Waals surface area contributed by atoms with E-state index in [1.54, 1.807) is 36.5 Å². The highest BCUT2D eigenvalue weighted by atomic mass is 16.3. The molecule has 102 valence electrons. The number of hydrogen-bond acceptors (Lipinski definition) is 3. The minimum Gasteiger partial charge on any atom is -0.507 e. The van der Waals surface area contributed by atoms with Crippen molar-refractivity contribution in [2.45, 2.75) is 0 Å². The predicted octanol–water partition coefficient (Wildman–Crippen LogP) is 4.11. The minimum absolute atomic E-state index is 0.196. The van der Waals surface area contributed by atoms with Crippen LogP contribution in [0.25, 0.3) is 10.8 Å². The van der Waals surface area contributed by atoms with Gasteiger partial charge in [-0.25, -0.2) is 0 Å². The van der Waals surface area contributed by atoms with Crippen molar-refractivity contribution in [1.29, 1.82) is 0 Å². The Morgan fingerprint density at radius 3 is 2.43 bits per heavy atom. The van der Waals surface area contributed by atoms with E-state index in [1.807, 2.05) is 30.3 Å². The molecule has 0 unspecified atom stereocenters. The van der Waals surface area contributed by atoms with Crippen LogP contribution in [0, 0.1) is 0 Å². The molecule has 0 spiro atoms. The molecule has 3 aromatic rings. The van der Waals surface area contributed by atoms with Crippen molar-refractivity contribution in [3.63, 3.8) is 0 Å². The third kappa shape index (κ3) is 2.67. The Morgan fingerprint density at radius 2 is 1.67 bits per heavy atom. The molecule has 0 amide bonds. The first-order valence-electron chi connectivity index (χ1n) is 6.58. The molecule has 1 N–H and O–H groups in total. The van der Waals surface area contributed by atoms with Crippen molar-refractivity contribution in [3.05, 3.63) is 71.8 Å². The molecule has 0 aliphatic rings. The molecule has 0 saturated carbocycles. The summed E-state index contributed by atoms with van der Waals surface area (Å²) in [6, 6.07) is 18.3. The summed E-state index contributed by atoms with van der Waals surface area (Å²) in [6.45, 7) is 0. The first-order chi connectivity index (χ1) is 10.3. The van der Waals surface area contributed by atoms with Crippen LogP contribution in [0.1, 0.15) is 15.9 Å². The molecule has 0 atom stereocenters. The summed E-state index contributed by atoms with van der Waals surface area (Å²) < 4.78 is 0. The fourth-order valence-electron chi connectivity index (χ4n) is 2.20. The molecule has 21 heavy (non-hydrogen) atoms. The number of nitrogens with zero attached hydrogens (tertiary/aromatic N) is 1. The van der Waals surface area contributed by atoms with Gasteiger partial charge in [0.05, 0.1) is 5.69 Å². The van der Waals surface area contributed by atoms with Gasteiger partial charge in [0.1, 0.15) is 12.0 Å². The monoisotopic (exact) mass is 275 g/mol. The number of hydrogen-bond donors (Lipinski definition) is 1. The van der Waals surface area contributed by atoms with E-state index in [1.165, 1.54) is 0 Å². The van der Waals surface area contributed by atoms with Crippen LogP contribution in [0.5, 0.6) is 5.75 Å². The van der Waals surface area contributed by atoms with E-state index < -0.39 is 0 Å². The highest BCUT2D eigenvalue weighted by Gasteiger charge is 2.04. The molecule has 0 heterocycles. The van der Waals surface area contributed by atoms with Crippen LogP contribution in [0.3, 0.4) is 0 Å². The Hall–Kier alpha value is -2.94. The first kappa shape index (κ1) is 13.1. The number of phenols is 1. The fraction of sp³-hybridized carbons (Fsp3) is 0. The van der Waals surface area contributed by atoms with Gasteiger partial charge in [0, 0.05) is 17.3 Å². The lowest BCUT2D eigenvalue weighted by molar-refractivity contribution is 0.112. The van der Waals surface area contributed by atoms with Gasteiger partial charge in [-0.05, 0) is 41.1 Å². The molecule has 0 bridgehead atoms. The zero-order chi connectivity index (χ0) is 14.7. The fourth-order valence-corrected chi connectivity index (χ4v) is 2.20. The van der Waals surface area contributed by atoms with Gasteiger partial charge in [0.15, 0.2) is 0 Å². The van der Waals surface area contributed by atoms with E-state index in [9.17, 15) is 9.90 Å². The van der Waals surface area contributed by atoms with Crippen LogP contribution in [0.2, 0.25) is 0 Å². The predicted molar refractivity (Wildman–Crippen MR) is 84.7 cm³/mol. The second-order valence-corrected chi connectivity index (χ2v) is 4.69. The maximum atomic E-state index is 10.6. The third-order valence-electron chi connectivity index (χ3n) is 3.32. The van der Waals surface area contributed by atoms with Crippen LogP contribution >= 0.6 is 0 Å². The number of aldehydes is 1. The summed E-state index contributed by atoms with van der Waals surface area (Å²) in [4.78, 5) is 15.0. The second kappa shape index (κ2) is 5.59. The van der Waals surface area contributed by atoms with E-state index in [0.717, 1.165) is 22.7 Å². The molecule has 0 fully saturated rings. The molecule has 0 aliphatic heterocycles. The standard InChI is InChI=1S/C18H13NO2/c20-12-13-5-8-15(9-6-13)19-11-17-16-4-2-1-3-14(16)7-10-18(17)21/h1-12,21H. The maximum absolute atomic E-state index is 10.6. The van der Waals surface area contributed by atoms with Gasteiger partial charge in [-0.2, -0.15) is 0 Å². The zero-order valence-electron chi connectivity index (χ0n) is 11.2. The van der Waals surface area contributed by atoms with Gasteiger partial charge >= 0.3 is 0 Å². The smallest absolute Gasteiger partial charge is 0.150 e. The highest BCUT2D eigenvalue weighted by molar-refractivity contribution is 6.03. The van der Waals surface area contributed by atoms with Gasteiger partial charge in [-0.3, -0.25) is 9.79 Å². The van der Waals surface area contributed by atoms with Crippen molar-refractivity contribution < 1.29 is 9.90 Å². The first-order valence-corrected chi connectivity index (χ1v) is 6.58. The molecule has 0 radical (unpaired) electrons. The zero-order valence-corrected chi connectivity index (χ0v) is 11.2. The summed E-state index contributed by atoms with van der Waals surface area (Å²) in [6.07, 6.45) is 2.44. The average molecular weight is 275 g/mol. The lowest BCUT2D eigenvalue weighted by atomic mass is 10.0. The molecule has 3 nitrogen and oxygen atoms in total. The molecule has 0 aliphatic carbocycles. The van der Waals surface area contributed by atoms with Crippen molar-refractivity contribution in [2.75, 3.05) is 0 Å². The summed E-state index contributed by atoms with van der Waals surface area (Å²) in [5, 5.41) is 12.0. The molecular weight excluding hydrogens is 262 g/mol. The van der Waals surface area contributed by atoms with Crippen molar-refractivity contribution in [3.8, 4) is 5.75 Å². The molecule has 0 aromatic heterocycles. The number of rotatable bonds is 3.